The van der Waals surface area contributed by atoms with E-state index in [0.717, 1.165) is 4.48 Å². The molecule has 1 aromatic heterocycles. The maximum Gasteiger partial charge on any atom is 0.188 e. The second kappa shape index (κ2) is 2.79. The molecule has 0 atom stereocenters. The topological polar surface area (TPSA) is 0 Å². The Morgan fingerprint density at radius 3 is 2.20 bits per heavy atom. The molecule has 3 heteroatoms. The van der Waals surface area contributed by atoms with Crippen molar-refractivity contribution in [3.8, 4) is 0 Å². The van der Waals surface area contributed by atoms with E-state index in [1.165, 1.54) is 8.57 Å². The Balaban J connectivity index is 2.96. The van der Waals surface area contributed by atoms with Crippen molar-refractivity contribution < 1.29 is 0 Å². The van der Waals surface area contributed by atoms with Gasteiger partial charge >= 0.3 is 0 Å². The van der Waals surface area contributed by atoms with Crippen molar-refractivity contribution >= 4 is 38.9 Å². The summed E-state index contributed by atoms with van der Waals surface area (Å²) in [5, 5.41) is 3.59. The van der Waals surface area contributed by atoms with Crippen molar-refractivity contribution in [3.63, 3.8) is 0 Å². The molecular formula is C7H11INS+. The van der Waals surface area contributed by atoms with Gasteiger partial charge in [0.1, 0.15) is 0 Å². The van der Waals surface area contributed by atoms with E-state index >= 15 is 0 Å². The standard InChI is InChI=1S/C7H11INS/c1-9(2,3)7-4-6(8)5-10-7/h4-5H,1-3H3/q+1. The van der Waals surface area contributed by atoms with Crippen molar-refractivity contribution in [2.75, 3.05) is 21.1 Å². The highest BCUT2D eigenvalue weighted by atomic mass is 127. The van der Waals surface area contributed by atoms with Crippen LogP contribution in [0.2, 0.25) is 0 Å². The molecule has 10 heavy (non-hydrogen) atoms. The van der Waals surface area contributed by atoms with Crippen molar-refractivity contribution in [2.45, 2.75) is 0 Å². The minimum atomic E-state index is 0.924. The molecule has 0 aromatic carbocycles. The third-order valence-corrected chi connectivity index (χ3v) is 3.54. The lowest BCUT2D eigenvalue weighted by Crippen LogP contribution is -2.33. The van der Waals surface area contributed by atoms with E-state index in [9.17, 15) is 0 Å². The largest absolute Gasteiger partial charge is 0.289 e. The van der Waals surface area contributed by atoms with E-state index in [-0.39, 0.29) is 0 Å². The van der Waals surface area contributed by atoms with Crippen molar-refractivity contribution in [2.24, 2.45) is 0 Å². The quantitative estimate of drug-likeness (QED) is 0.542. The Hall–Kier alpha value is 0.390. The molecule has 0 aliphatic rings. The van der Waals surface area contributed by atoms with Crippen molar-refractivity contribution in [1.29, 1.82) is 0 Å². The average molecular weight is 268 g/mol. The van der Waals surface area contributed by atoms with Crippen LogP contribution in [0.15, 0.2) is 11.4 Å². The fourth-order valence-electron chi connectivity index (χ4n) is 0.654. The van der Waals surface area contributed by atoms with Gasteiger partial charge in [0.05, 0.1) is 21.1 Å². The van der Waals surface area contributed by atoms with Gasteiger partial charge in [-0.2, -0.15) is 0 Å². The molecule has 0 amide bonds. The highest BCUT2D eigenvalue weighted by Crippen LogP contribution is 2.27. The molecule has 0 radical (unpaired) electrons. The first-order valence-corrected chi connectivity index (χ1v) is 5.02. The van der Waals surface area contributed by atoms with Crippen LogP contribution in [0.5, 0.6) is 0 Å². The Morgan fingerprint density at radius 1 is 1.40 bits per heavy atom. The number of quaternary nitrogens is 1. The Labute approximate surface area is 79.4 Å². The minimum Gasteiger partial charge on any atom is -0.289 e. The van der Waals surface area contributed by atoms with Crippen LogP contribution in [-0.4, -0.2) is 21.1 Å². The smallest absolute Gasteiger partial charge is 0.188 e. The van der Waals surface area contributed by atoms with Crippen LogP contribution in [-0.2, 0) is 0 Å². The Kier molecular flexibility index (Phi) is 2.37. The van der Waals surface area contributed by atoms with Gasteiger partial charge in [-0.25, -0.2) is 0 Å². The van der Waals surface area contributed by atoms with Gasteiger partial charge in [0, 0.05) is 15.0 Å². The van der Waals surface area contributed by atoms with Gasteiger partial charge in [-0.15, -0.1) is 0 Å². The first-order chi connectivity index (χ1) is 4.50. The normalized spacial score (nSPS) is 12.0. The van der Waals surface area contributed by atoms with Gasteiger partial charge in [-0.3, -0.25) is 4.48 Å². The molecule has 1 heterocycles. The summed E-state index contributed by atoms with van der Waals surface area (Å²) in [6.07, 6.45) is 0. The number of thiophene rings is 1. The maximum absolute atomic E-state index is 2.34. The second-order valence-electron chi connectivity index (χ2n) is 3.12. The highest BCUT2D eigenvalue weighted by Gasteiger charge is 2.13. The molecule has 0 saturated carbocycles. The molecule has 1 rings (SSSR count). The van der Waals surface area contributed by atoms with Gasteiger partial charge in [-0.1, -0.05) is 11.3 Å². The van der Waals surface area contributed by atoms with Crippen LogP contribution in [0.1, 0.15) is 0 Å². The molecule has 0 unspecified atom stereocenters. The number of nitrogens with zero attached hydrogens (tertiary/aromatic N) is 1. The van der Waals surface area contributed by atoms with E-state index in [2.05, 4.69) is 55.2 Å². The van der Waals surface area contributed by atoms with Gasteiger partial charge in [0.2, 0.25) is 0 Å². The molecule has 0 N–H and O–H groups in total. The van der Waals surface area contributed by atoms with Crippen LogP contribution in [0.4, 0.5) is 5.00 Å². The van der Waals surface area contributed by atoms with Gasteiger partial charge < -0.3 is 0 Å². The van der Waals surface area contributed by atoms with E-state index < -0.39 is 0 Å². The molecule has 56 valence electrons. The lowest BCUT2D eigenvalue weighted by atomic mass is 10.5. The van der Waals surface area contributed by atoms with E-state index in [4.69, 9.17) is 0 Å². The lowest BCUT2D eigenvalue weighted by molar-refractivity contribution is 0.495. The molecule has 0 fully saturated rings. The fraction of sp³-hybridized carbons (Fsp3) is 0.429. The molecule has 0 bridgehead atoms. The molecule has 0 aliphatic heterocycles. The second-order valence-corrected chi connectivity index (χ2v) is 5.25. The number of hydrogen-bond acceptors (Lipinski definition) is 1. The third kappa shape index (κ3) is 1.93. The van der Waals surface area contributed by atoms with E-state index in [0.29, 0.717) is 0 Å². The van der Waals surface area contributed by atoms with Crippen LogP contribution in [0, 0.1) is 3.57 Å². The van der Waals surface area contributed by atoms with Crippen molar-refractivity contribution in [3.05, 3.63) is 15.0 Å². The van der Waals surface area contributed by atoms with Crippen LogP contribution < -0.4 is 4.48 Å². The van der Waals surface area contributed by atoms with Gasteiger partial charge in [-0.05, 0) is 22.6 Å². The molecule has 1 aromatic rings. The Morgan fingerprint density at radius 2 is 2.00 bits per heavy atom. The lowest BCUT2D eigenvalue weighted by Gasteiger charge is -2.20. The predicted octanol–water partition coefficient (Wildman–Crippen LogP) is 2.55. The summed E-state index contributed by atoms with van der Waals surface area (Å²) >= 11 is 4.16. The summed E-state index contributed by atoms with van der Waals surface area (Å²) in [5.74, 6) is 0. The van der Waals surface area contributed by atoms with Crippen LogP contribution >= 0.6 is 33.9 Å². The number of hydrogen-bond donors (Lipinski definition) is 0. The third-order valence-electron chi connectivity index (χ3n) is 1.21. The zero-order valence-corrected chi connectivity index (χ0v) is 9.36. The number of halogens is 1. The average Bonchev–Trinajstić information content (AvgIpc) is 2.11. The first-order valence-electron chi connectivity index (χ1n) is 3.06. The minimum absolute atomic E-state index is 0.924. The Bertz CT molecular complexity index is 224. The van der Waals surface area contributed by atoms with Crippen LogP contribution in [0.3, 0.4) is 0 Å². The summed E-state index contributed by atoms with van der Waals surface area (Å²) in [4.78, 5) is 0. The summed E-state index contributed by atoms with van der Waals surface area (Å²) in [6.45, 7) is 0. The van der Waals surface area contributed by atoms with Crippen LogP contribution in [0.25, 0.3) is 0 Å². The highest BCUT2D eigenvalue weighted by molar-refractivity contribution is 14.1. The maximum atomic E-state index is 2.34. The zero-order valence-electron chi connectivity index (χ0n) is 6.39. The zero-order chi connectivity index (χ0) is 7.78. The molecular weight excluding hydrogens is 257 g/mol. The van der Waals surface area contributed by atoms with E-state index in [1.54, 1.807) is 0 Å². The summed E-state index contributed by atoms with van der Waals surface area (Å²) < 4.78 is 2.26. The molecule has 0 spiro atoms. The predicted molar refractivity (Wildman–Crippen MR) is 56.6 cm³/mol. The fourth-order valence-corrected chi connectivity index (χ4v) is 2.35. The molecule has 1 nitrogen and oxygen atoms in total. The van der Waals surface area contributed by atoms with Gasteiger partial charge in [0.25, 0.3) is 0 Å². The van der Waals surface area contributed by atoms with Gasteiger partial charge in [0.15, 0.2) is 5.00 Å². The monoisotopic (exact) mass is 268 g/mol. The van der Waals surface area contributed by atoms with Crippen molar-refractivity contribution in [1.82, 2.24) is 4.48 Å². The molecule has 0 saturated heterocycles. The summed E-state index contributed by atoms with van der Waals surface area (Å²) in [6, 6.07) is 2.23. The summed E-state index contributed by atoms with van der Waals surface area (Å²) in [7, 11) is 6.55. The summed E-state index contributed by atoms with van der Waals surface area (Å²) in [5.41, 5.74) is 0. The van der Waals surface area contributed by atoms with E-state index in [1.807, 2.05) is 11.3 Å². The first kappa shape index (κ1) is 8.49. The SMILES string of the molecule is C[N+](C)(C)c1cc(I)cs1. The molecule has 0 aliphatic carbocycles. The number of rotatable bonds is 1.